The highest BCUT2D eigenvalue weighted by Crippen LogP contribution is 2.35. The largest absolute Gasteiger partial charge is 0.497 e. The third kappa shape index (κ3) is 3.90. The first-order valence-electron chi connectivity index (χ1n) is 10.8. The van der Waals surface area contributed by atoms with Crippen LogP contribution in [0.2, 0.25) is 0 Å². The quantitative estimate of drug-likeness (QED) is 0.422. The Balaban J connectivity index is 1.83. The number of nitrogens with one attached hydrogen (secondary N) is 1. The molecule has 0 aliphatic carbocycles. The van der Waals surface area contributed by atoms with Crippen molar-refractivity contribution in [3.63, 3.8) is 0 Å². The van der Waals surface area contributed by atoms with Crippen molar-refractivity contribution >= 4 is 10.9 Å². The second-order valence-corrected chi connectivity index (χ2v) is 7.86. The van der Waals surface area contributed by atoms with Crippen molar-refractivity contribution in [3.8, 4) is 39.3 Å². The van der Waals surface area contributed by atoms with Gasteiger partial charge in [-0.1, -0.05) is 66.7 Å². The number of ether oxygens (including phenoxy) is 1. The number of aromatic amines is 1. The van der Waals surface area contributed by atoms with Crippen LogP contribution in [0.5, 0.6) is 5.75 Å². The van der Waals surface area contributed by atoms with Crippen molar-refractivity contribution in [2.24, 2.45) is 0 Å². The van der Waals surface area contributed by atoms with E-state index in [0.29, 0.717) is 10.9 Å². The first-order valence-corrected chi connectivity index (χ1v) is 10.8. The monoisotopic (exact) mass is 434 g/mol. The average Bonchev–Trinajstić information content (AvgIpc) is 2.89. The summed E-state index contributed by atoms with van der Waals surface area (Å²) in [4.78, 5) is 20.9. The molecule has 3 aromatic carbocycles. The van der Waals surface area contributed by atoms with E-state index in [2.05, 4.69) is 35.0 Å². The van der Waals surface area contributed by atoms with Gasteiger partial charge in [0.25, 0.3) is 5.56 Å². The highest BCUT2D eigenvalue weighted by Gasteiger charge is 2.16. The summed E-state index contributed by atoms with van der Waals surface area (Å²) in [5.41, 5.74) is 11.1. The number of nitrogens with zero attached hydrogens (tertiary/aromatic N) is 1. The Morgan fingerprint density at radius 3 is 2.33 bits per heavy atom. The molecule has 0 unspecified atom stereocenters. The zero-order chi connectivity index (χ0) is 22.8. The maximum absolute atomic E-state index is 12.9. The molecule has 2 aromatic heterocycles. The van der Waals surface area contributed by atoms with Crippen LogP contribution in [0.1, 0.15) is 5.56 Å². The lowest BCUT2D eigenvalue weighted by Gasteiger charge is -2.14. The van der Waals surface area contributed by atoms with Gasteiger partial charge in [0.2, 0.25) is 0 Å². The molecule has 0 spiro atoms. The Morgan fingerprint density at radius 1 is 0.848 bits per heavy atom. The lowest BCUT2D eigenvalue weighted by atomic mass is 9.95. The molecule has 2 heterocycles. The first-order chi connectivity index (χ1) is 16.2. The number of hydrogen-bond acceptors (Lipinski definition) is 3. The molecule has 0 saturated carbocycles. The second kappa shape index (κ2) is 8.73. The van der Waals surface area contributed by atoms with E-state index in [1.807, 2.05) is 60.7 Å². The van der Waals surface area contributed by atoms with E-state index in [0.717, 1.165) is 51.4 Å². The lowest BCUT2D eigenvalue weighted by molar-refractivity contribution is -0.386. The first kappa shape index (κ1) is 20.7. The number of rotatable bonds is 5. The van der Waals surface area contributed by atoms with Crippen LogP contribution in [0.4, 0.5) is 0 Å². The molecule has 0 radical (unpaired) electrons. The number of hydrogen-bond donors (Lipinski definition) is 2. The van der Waals surface area contributed by atoms with Gasteiger partial charge in [-0.25, -0.2) is 4.98 Å². The summed E-state index contributed by atoms with van der Waals surface area (Å²) in [6, 6.07) is 28.0. The minimum Gasteiger partial charge on any atom is -0.497 e. The minimum absolute atomic E-state index is 0.166. The number of pyridine rings is 2. The Bertz CT molecular complexity index is 1490. The number of quaternary nitrogens is 1. The number of fused-ring (bicyclic) bond motifs is 1. The van der Waals surface area contributed by atoms with Gasteiger partial charge >= 0.3 is 0 Å². The molecule has 0 amide bonds. The van der Waals surface area contributed by atoms with Gasteiger partial charge in [0.05, 0.1) is 30.3 Å². The normalized spacial score (nSPS) is 11.0. The predicted octanol–water partition coefficient (Wildman–Crippen LogP) is 4.67. The van der Waals surface area contributed by atoms with E-state index >= 15 is 0 Å². The van der Waals surface area contributed by atoms with Crippen LogP contribution in [-0.2, 0) is 6.54 Å². The SMILES string of the molecule is COc1cccc(-c2c[nH]c(=O)c3cc(-c4ccccc4)c(-c4ccc(C[NH3+])cc4)nc23)c1. The van der Waals surface area contributed by atoms with Crippen LogP contribution in [0, 0.1) is 0 Å². The van der Waals surface area contributed by atoms with Crippen molar-refractivity contribution in [1.82, 2.24) is 9.97 Å². The van der Waals surface area contributed by atoms with E-state index in [1.54, 1.807) is 13.3 Å². The van der Waals surface area contributed by atoms with Gasteiger partial charge in [0.15, 0.2) is 0 Å². The van der Waals surface area contributed by atoms with Gasteiger partial charge in [-0.3, -0.25) is 4.79 Å². The molecular weight excluding hydrogens is 410 g/mol. The maximum atomic E-state index is 12.9. The van der Waals surface area contributed by atoms with Crippen molar-refractivity contribution in [2.45, 2.75) is 6.54 Å². The molecule has 5 rings (SSSR count). The third-order valence-corrected chi connectivity index (χ3v) is 5.85. The predicted molar refractivity (Wildman–Crippen MR) is 132 cm³/mol. The zero-order valence-corrected chi connectivity index (χ0v) is 18.3. The van der Waals surface area contributed by atoms with Gasteiger partial charge in [0, 0.05) is 28.5 Å². The van der Waals surface area contributed by atoms with E-state index < -0.39 is 0 Å². The summed E-state index contributed by atoms with van der Waals surface area (Å²) in [6.07, 6.45) is 1.73. The van der Waals surface area contributed by atoms with Crippen LogP contribution in [0.15, 0.2) is 95.9 Å². The Kier molecular flexibility index (Phi) is 5.47. The molecule has 0 bridgehead atoms. The van der Waals surface area contributed by atoms with Gasteiger partial charge in [-0.15, -0.1) is 0 Å². The minimum atomic E-state index is -0.166. The summed E-state index contributed by atoms with van der Waals surface area (Å²) >= 11 is 0. The topological polar surface area (TPSA) is 82.6 Å². The van der Waals surface area contributed by atoms with Gasteiger partial charge in [0.1, 0.15) is 5.75 Å². The van der Waals surface area contributed by atoms with Crippen molar-refractivity contribution in [3.05, 3.63) is 107 Å². The number of benzene rings is 3. The fourth-order valence-corrected chi connectivity index (χ4v) is 4.07. The number of methoxy groups -OCH3 is 1. The van der Waals surface area contributed by atoms with Gasteiger partial charge in [-0.05, 0) is 29.3 Å². The van der Waals surface area contributed by atoms with E-state index in [4.69, 9.17) is 9.72 Å². The summed E-state index contributed by atoms with van der Waals surface area (Å²) in [6.45, 7) is 0.729. The molecule has 5 heteroatoms. The van der Waals surface area contributed by atoms with E-state index in [9.17, 15) is 4.79 Å². The van der Waals surface area contributed by atoms with Crippen LogP contribution >= 0.6 is 0 Å². The highest BCUT2D eigenvalue weighted by atomic mass is 16.5. The molecule has 33 heavy (non-hydrogen) atoms. The molecule has 5 nitrogen and oxygen atoms in total. The van der Waals surface area contributed by atoms with E-state index in [-0.39, 0.29) is 5.56 Å². The summed E-state index contributed by atoms with van der Waals surface area (Å²) in [5, 5.41) is 0.548. The van der Waals surface area contributed by atoms with Crippen LogP contribution < -0.4 is 16.0 Å². The average molecular weight is 435 g/mol. The smallest absolute Gasteiger partial charge is 0.257 e. The summed E-state index contributed by atoms with van der Waals surface area (Å²) < 4.78 is 5.41. The summed E-state index contributed by atoms with van der Waals surface area (Å²) in [5.74, 6) is 0.747. The third-order valence-electron chi connectivity index (χ3n) is 5.85. The fourth-order valence-electron chi connectivity index (χ4n) is 4.07. The lowest BCUT2D eigenvalue weighted by Crippen LogP contribution is -2.47. The molecule has 4 N–H and O–H groups in total. The zero-order valence-electron chi connectivity index (χ0n) is 18.3. The summed E-state index contributed by atoms with van der Waals surface area (Å²) in [7, 11) is 1.64. The van der Waals surface area contributed by atoms with Crippen LogP contribution in [-0.4, -0.2) is 17.1 Å². The standard InChI is InChI=1S/C28H23N3O2/c1-33-22-9-5-8-21(14-22)25-17-30-28(32)24-15-23(19-6-3-2-4-7-19)26(31-27(24)25)20-12-10-18(16-29)11-13-20/h2-15,17H,16,29H2,1H3,(H,30,32)/p+1. The van der Waals surface area contributed by atoms with Crippen LogP contribution in [0.25, 0.3) is 44.4 Å². The second-order valence-electron chi connectivity index (χ2n) is 7.86. The van der Waals surface area contributed by atoms with Crippen molar-refractivity contribution in [1.29, 1.82) is 0 Å². The van der Waals surface area contributed by atoms with Crippen LogP contribution in [0.3, 0.4) is 0 Å². The molecular formula is C28H24N3O2+. The van der Waals surface area contributed by atoms with Gasteiger partial charge in [-0.2, -0.15) is 0 Å². The highest BCUT2D eigenvalue weighted by molar-refractivity contribution is 5.98. The molecule has 0 fully saturated rings. The molecule has 0 saturated heterocycles. The molecule has 5 aromatic rings. The number of aromatic nitrogens is 2. The van der Waals surface area contributed by atoms with Gasteiger partial charge < -0.3 is 15.5 Å². The van der Waals surface area contributed by atoms with Crippen molar-refractivity contribution < 1.29 is 10.5 Å². The Labute approximate surface area is 191 Å². The molecule has 162 valence electrons. The Morgan fingerprint density at radius 2 is 1.61 bits per heavy atom. The molecule has 0 atom stereocenters. The maximum Gasteiger partial charge on any atom is 0.257 e. The fraction of sp³-hybridized carbons (Fsp3) is 0.0714. The number of H-pyrrole nitrogens is 1. The van der Waals surface area contributed by atoms with Crippen molar-refractivity contribution in [2.75, 3.05) is 7.11 Å². The van der Waals surface area contributed by atoms with E-state index in [1.165, 1.54) is 0 Å². The Hall–Kier alpha value is -4.22. The molecule has 0 aliphatic heterocycles. The molecule has 0 aliphatic rings.